The van der Waals surface area contributed by atoms with E-state index in [0.717, 1.165) is 5.75 Å². The zero-order valence-corrected chi connectivity index (χ0v) is 19.8. The molecule has 3 aromatic carbocycles. The molecule has 0 aliphatic heterocycles. The van der Waals surface area contributed by atoms with Gasteiger partial charge in [0.05, 0.1) is 4.92 Å². The molecular weight excluding hydrogens is 458 g/mol. The van der Waals surface area contributed by atoms with Crippen molar-refractivity contribution in [3.05, 3.63) is 118 Å². The summed E-state index contributed by atoms with van der Waals surface area (Å²) >= 11 is 0. The quantitative estimate of drug-likeness (QED) is 0.177. The van der Waals surface area contributed by atoms with Crippen LogP contribution in [0.4, 0.5) is 5.69 Å². The summed E-state index contributed by atoms with van der Waals surface area (Å²) in [6, 6.07) is 27.9. The number of benzene rings is 3. The number of nitro benzene ring substituents is 1. The summed E-state index contributed by atoms with van der Waals surface area (Å²) in [4.78, 5) is 14.7. The fourth-order valence-electron chi connectivity index (χ4n) is 3.89. The normalized spacial score (nSPS) is 11.4. The number of furan rings is 1. The highest BCUT2D eigenvalue weighted by Crippen LogP contribution is 2.32. The van der Waals surface area contributed by atoms with Crippen molar-refractivity contribution in [2.75, 3.05) is 0 Å². The van der Waals surface area contributed by atoms with E-state index >= 15 is 0 Å². The molecule has 8 nitrogen and oxygen atoms in total. The van der Waals surface area contributed by atoms with E-state index < -0.39 is 4.92 Å². The molecule has 0 saturated carbocycles. The van der Waals surface area contributed by atoms with E-state index in [1.54, 1.807) is 24.3 Å². The Morgan fingerprint density at radius 2 is 1.58 bits per heavy atom. The Hall–Kier alpha value is -4.72. The van der Waals surface area contributed by atoms with Crippen LogP contribution in [0, 0.1) is 10.1 Å². The van der Waals surface area contributed by atoms with Crippen molar-refractivity contribution in [2.45, 2.75) is 25.9 Å². The SMILES string of the molecule is CC(C)(c1ccccc1)c1ccc(OCc2ccc(-c3nc(-c4ccc([N+](=O)[O-])cc4)no3)o2)cc1. The summed E-state index contributed by atoms with van der Waals surface area (Å²) in [5, 5.41) is 14.8. The highest BCUT2D eigenvalue weighted by molar-refractivity contribution is 5.59. The van der Waals surface area contributed by atoms with Gasteiger partial charge in [-0.15, -0.1) is 0 Å². The number of rotatable bonds is 8. The average Bonchev–Trinajstić information content (AvgIpc) is 3.58. The number of aromatic nitrogens is 2. The largest absolute Gasteiger partial charge is 0.486 e. The summed E-state index contributed by atoms with van der Waals surface area (Å²) in [6.07, 6.45) is 0. The molecule has 5 aromatic rings. The molecule has 0 fully saturated rings. The van der Waals surface area contributed by atoms with Crippen LogP contribution >= 0.6 is 0 Å². The van der Waals surface area contributed by atoms with Crippen molar-refractivity contribution in [3.8, 4) is 28.8 Å². The Labute approximate surface area is 207 Å². The standard InChI is InChI=1S/C28H23N3O5/c1-28(2,20-6-4-3-5-7-20)21-10-14-23(15-11-21)34-18-24-16-17-25(35-24)27-29-26(30-36-27)19-8-12-22(13-9-19)31(32)33/h3-17H,18H2,1-2H3. The fraction of sp³-hybridized carbons (Fsp3) is 0.143. The second kappa shape index (κ2) is 9.50. The molecule has 8 heteroatoms. The summed E-state index contributed by atoms with van der Waals surface area (Å²) in [6.45, 7) is 4.64. The second-order valence-corrected chi connectivity index (χ2v) is 8.80. The van der Waals surface area contributed by atoms with Gasteiger partial charge in [0.25, 0.3) is 11.6 Å². The highest BCUT2D eigenvalue weighted by Gasteiger charge is 2.22. The first kappa shape index (κ1) is 23.0. The van der Waals surface area contributed by atoms with Crippen LogP contribution in [0.3, 0.4) is 0 Å². The lowest BCUT2D eigenvalue weighted by Gasteiger charge is -2.26. The molecule has 0 atom stereocenters. The summed E-state index contributed by atoms with van der Waals surface area (Å²) in [7, 11) is 0. The van der Waals surface area contributed by atoms with Gasteiger partial charge in [0, 0.05) is 23.1 Å². The molecule has 0 radical (unpaired) electrons. The Balaban J connectivity index is 1.23. The number of hydrogen-bond acceptors (Lipinski definition) is 7. The van der Waals surface area contributed by atoms with E-state index in [-0.39, 0.29) is 23.6 Å². The lowest BCUT2D eigenvalue weighted by molar-refractivity contribution is -0.384. The van der Waals surface area contributed by atoms with E-state index in [9.17, 15) is 10.1 Å². The van der Waals surface area contributed by atoms with Gasteiger partial charge in [-0.3, -0.25) is 10.1 Å². The highest BCUT2D eigenvalue weighted by atomic mass is 16.6. The Bertz CT molecular complexity index is 1470. The third-order valence-electron chi connectivity index (χ3n) is 6.09. The first-order valence-corrected chi connectivity index (χ1v) is 11.4. The molecule has 5 rings (SSSR count). The zero-order valence-electron chi connectivity index (χ0n) is 19.8. The topological polar surface area (TPSA) is 104 Å². The Morgan fingerprint density at radius 1 is 0.889 bits per heavy atom. The maximum Gasteiger partial charge on any atom is 0.293 e. The molecule has 2 heterocycles. The zero-order chi connectivity index (χ0) is 25.1. The molecule has 0 amide bonds. The Morgan fingerprint density at radius 3 is 2.28 bits per heavy atom. The summed E-state index contributed by atoms with van der Waals surface area (Å²) in [5.41, 5.74) is 2.92. The molecule has 0 saturated heterocycles. The van der Waals surface area contributed by atoms with Crippen LogP contribution in [0.25, 0.3) is 23.0 Å². The monoisotopic (exact) mass is 481 g/mol. The molecule has 0 N–H and O–H groups in total. The number of ether oxygens (including phenoxy) is 1. The van der Waals surface area contributed by atoms with Crippen LogP contribution in [0.15, 0.2) is 99.9 Å². The lowest BCUT2D eigenvalue weighted by Crippen LogP contribution is -2.18. The van der Waals surface area contributed by atoms with Crippen LogP contribution in [0.1, 0.15) is 30.7 Å². The molecule has 0 bridgehead atoms. The minimum Gasteiger partial charge on any atom is -0.486 e. The van der Waals surface area contributed by atoms with Crippen LogP contribution < -0.4 is 4.74 Å². The molecule has 0 spiro atoms. The van der Waals surface area contributed by atoms with Crippen LogP contribution in [-0.2, 0) is 12.0 Å². The smallest absolute Gasteiger partial charge is 0.293 e. The lowest BCUT2D eigenvalue weighted by atomic mass is 9.78. The van der Waals surface area contributed by atoms with Gasteiger partial charge in [-0.25, -0.2) is 0 Å². The summed E-state index contributed by atoms with van der Waals surface area (Å²) in [5.74, 6) is 2.27. The fourth-order valence-corrected chi connectivity index (χ4v) is 3.89. The van der Waals surface area contributed by atoms with Gasteiger partial charge in [-0.05, 0) is 47.5 Å². The minimum absolute atomic E-state index is 0.00677. The maximum absolute atomic E-state index is 10.8. The first-order valence-electron chi connectivity index (χ1n) is 11.4. The molecule has 0 aliphatic rings. The van der Waals surface area contributed by atoms with Crippen molar-refractivity contribution in [1.29, 1.82) is 0 Å². The van der Waals surface area contributed by atoms with Gasteiger partial charge in [-0.1, -0.05) is 61.5 Å². The molecule has 36 heavy (non-hydrogen) atoms. The number of non-ortho nitro benzene ring substituents is 1. The van der Waals surface area contributed by atoms with Gasteiger partial charge in [0.1, 0.15) is 18.1 Å². The first-order chi connectivity index (χ1) is 17.4. The van der Waals surface area contributed by atoms with Crippen LogP contribution in [-0.4, -0.2) is 15.1 Å². The average molecular weight is 482 g/mol. The van der Waals surface area contributed by atoms with Crippen LogP contribution in [0.2, 0.25) is 0 Å². The van der Waals surface area contributed by atoms with Crippen molar-refractivity contribution in [1.82, 2.24) is 10.1 Å². The van der Waals surface area contributed by atoms with E-state index in [0.29, 0.717) is 22.9 Å². The van der Waals surface area contributed by atoms with Gasteiger partial charge in [-0.2, -0.15) is 4.98 Å². The molecule has 0 aliphatic carbocycles. The predicted octanol–water partition coefficient (Wildman–Crippen LogP) is 6.81. The van der Waals surface area contributed by atoms with Gasteiger partial charge < -0.3 is 13.7 Å². The third kappa shape index (κ3) is 4.74. The van der Waals surface area contributed by atoms with Gasteiger partial charge >= 0.3 is 0 Å². The van der Waals surface area contributed by atoms with E-state index in [2.05, 4.69) is 60.4 Å². The number of hydrogen-bond donors (Lipinski definition) is 0. The van der Waals surface area contributed by atoms with E-state index in [1.807, 2.05) is 18.2 Å². The third-order valence-corrected chi connectivity index (χ3v) is 6.09. The number of nitro groups is 1. The van der Waals surface area contributed by atoms with Crippen molar-refractivity contribution < 1.29 is 18.6 Å². The number of nitrogens with zero attached hydrogens (tertiary/aromatic N) is 3. The Kier molecular flexibility index (Phi) is 6.08. The molecule has 2 aromatic heterocycles. The van der Waals surface area contributed by atoms with Crippen molar-refractivity contribution in [2.24, 2.45) is 0 Å². The van der Waals surface area contributed by atoms with Crippen LogP contribution in [0.5, 0.6) is 5.75 Å². The second-order valence-electron chi connectivity index (χ2n) is 8.80. The van der Waals surface area contributed by atoms with Crippen molar-refractivity contribution in [3.63, 3.8) is 0 Å². The maximum atomic E-state index is 10.8. The molecule has 0 unspecified atom stereocenters. The predicted molar refractivity (Wildman–Crippen MR) is 133 cm³/mol. The summed E-state index contributed by atoms with van der Waals surface area (Å²) < 4.78 is 17.0. The van der Waals surface area contributed by atoms with Gasteiger partial charge in [0.15, 0.2) is 5.76 Å². The van der Waals surface area contributed by atoms with E-state index in [4.69, 9.17) is 13.7 Å². The minimum atomic E-state index is -0.461. The molecular formula is C28H23N3O5. The van der Waals surface area contributed by atoms with Crippen molar-refractivity contribution >= 4 is 5.69 Å². The van der Waals surface area contributed by atoms with E-state index in [1.165, 1.54) is 23.3 Å². The van der Waals surface area contributed by atoms with Gasteiger partial charge in [0.2, 0.25) is 5.82 Å². The molecule has 180 valence electrons.